The van der Waals surface area contributed by atoms with Crippen molar-refractivity contribution >= 4 is 33.1 Å². The maximum absolute atomic E-state index is 10.4. The van der Waals surface area contributed by atoms with Gasteiger partial charge in [0.25, 0.3) is 11.9 Å². The van der Waals surface area contributed by atoms with E-state index in [-0.39, 0.29) is 0 Å². The van der Waals surface area contributed by atoms with Gasteiger partial charge in [0.15, 0.2) is 21.2 Å². The average molecular weight is 370 g/mol. The lowest BCUT2D eigenvalue weighted by atomic mass is 10.3. The van der Waals surface area contributed by atoms with Crippen LogP contribution in [-0.2, 0) is 12.7 Å². The molecule has 1 aromatic rings. The van der Waals surface area contributed by atoms with Crippen LogP contribution in [0.4, 0.5) is 0 Å². The summed E-state index contributed by atoms with van der Waals surface area (Å²) in [7, 11) is 1.61. The molecule has 1 rings (SSSR count). The molecule has 0 saturated carbocycles. The van der Waals surface area contributed by atoms with Gasteiger partial charge in [0, 0.05) is 17.4 Å². The molecule has 102 valence electrons. The first-order valence-electron chi connectivity index (χ1n) is 4.63. The standard InChI is InChI=1S/C7H7IO2.2C2H4O2/c1-10-7-4-2-6(8-9)3-5-7;2*1-2(3)4/h2-5H,1H3;2*1H3,(H,3,4). The molecule has 0 aliphatic carbocycles. The molecule has 1 aromatic carbocycles. The van der Waals surface area contributed by atoms with E-state index in [0.717, 1.165) is 23.2 Å². The van der Waals surface area contributed by atoms with Crippen LogP contribution in [0.25, 0.3) is 0 Å². The highest BCUT2D eigenvalue weighted by atomic mass is 127. The molecule has 0 atom stereocenters. The van der Waals surface area contributed by atoms with Gasteiger partial charge < -0.3 is 14.9 Å². The first-order chi connectivity index (χ1) is 8.33. The quantitative estimate of drug-likeness (QED) is 0.776. The van der Waals surface area contributed by atoms with Gasteiger partial charge in [0.05, 0.1) is 7.11 Å². The third kappa shape index (κ3) is 16.9. The number of aliphatic carboxylic acids is 2. The minimum Gasteiger partial charge on any atom is -0.497 e. The van der Waals surface area contributed by atoms with Gasteiger partial charge in [0.1, 0.15) is 5.75 Å². The fourth-order valence-corrected chi connectivity index (χ4v) is 1.28. The predicted octanol–water partition coefficient (Wildman–Crippen LogP) is 2.36. The van der Waals surface area contributed by atoms with Gasteiger partial charge in [-0.05, 0) is 24.3 Å². The number of carboxylic acids is 2. The Labute approximate surface area is 115 Å². The van der Waals surface area contributed by atoms with Crippen molar-refractivity contribution in [1.82, 2.24) is 0 Å². The second-order valence-electron chi connectivity index (χ2n) is 2.77. The number of halogens is 1. The molecule has 0 aliphatic heterocycles. The Kier molecular flexibility index (Phi) is 12.5. The summed E-state index contributed by atoms with van der Waals surface area (Å²) in [5.74, 6) is -0.860. The van der Waals surface area contributed by atoms with Gasteiger partial charge in [-0.15, -0.1) is 0 Å². The number of hydrogen-bond acceptors (Lipinski definition) is 4. The average Bonchev–Trinajstić information content (AvgIpc) is 2.28. The van der Waals surface area contributed by atoms with E-state index in [1.165, 1.54) is 0 Å². The molecule has 0 heterocycles. The fraction of sp³-hybridized carbons (Fsp3) is 0.273. The Morgan fingerprint density at radius 3 is 1.61 bits per heavy atom. The molecule has 2 N–H and O–H groups in total. The molecule has 0 aromatic heterocycles. The molecular weight excluding hydrogens is 355 g/mol. The second-order valence-corrected chi connectivity index (χ2v) is 4.46. The molecule has 0 spiro atoms. The highest BCUT2D eigenvalue weighted by molar-refractivity contribution is 14.1. The third-order valence-electron chi connectivity index (χ3n) is 1.14. The summed E-state index contributed by atoms with van der Waals surface area (Å²) in [6.07, 6.45) is 0. The Hall–Kier alpha value is -1.51. The van der Waals surface area contributed by atoms with Gasteiger partial charge >= 0.3 is 0 Å². The summed E-state index contributed by atoms with van der Waals surface area (Å²) in [6.45, 7) is 2.17. The van der Waals surface area contributed by atoms with E-state index in [1.54, 1.807) is 7.11 Å². The minimum atomic E-state index is -1.01. The lowest BCUT2D eigenvalue weighted by Crippen LogP contribution is -1.80. The van der Waals surface area contributed by atoms with E-state index in [4.69, 9.17) is 24.5 Å². The van der Waals surface area contributed by atoms with E-state index in [9.17, 15) is 3.07 Å². The van der Waals surface area contributed by atoms with Crippen LogP contribution in [0.15, 0.2) is 24.3 Å². The maximum Gasteiger partial charge on any atom is 0.300 e. The van der Waals surface area contributed by atoms with Crippen molar-refractivity contribution in [2.45, 2.75) is 13.8 Å². The van der Waals surface area contributed by atoms with Crippen LogP contribution in [0.2, 0.25) is 0 Å². The summed E-state index contributed by atoms with van der Waals surface area (Å²) in [4.78, 5) is 18.0. The summed E-state index contributed by atoms with van der Waals surface area (Å²) >= 11 is -1.01. The zero-order valence-electron chi connectivity index (χ0n) is 10.2. The monoisotopic (exact) mass is 370 g/mol. The van der Waals surface area contributed by atoms with Crippen molar-refractivity contribution in [1.29, 1.82) is 0 Å². The normalized spacial score (nSPS) is 7.94. The van der Waals surface area contributed by atoms with Gasteiger partial charge in [-0.2, -0.15) is 0 Å². The zero-order valence-corrected chi connectivity index (χ0v) is 12.4. The SMILES string of the molecule is CC(=O)O.CC(=O)O.COc1ccc(I=O)cc1. The number of rotatable bonds is 2. The topological polar surface area (TPSA) is 101 Å². The molecule has 0 unspecified atom stereocenters. The predicted molar refractivity (Wildman–Crippen MR) is 73.0 cm³/mol. The minimum absolute atomic E-state index is 0.807. The summed E-state index contributed by atoms with van der Waals surface area (Å²) in [6, 6.07) is 7.26. The number of hydrogen-bond donors (Lipinski definition) is 2. The van der Waals surface area contributed by atoms with E-state index in [0.29, 0.717) is 0 Å². The van der Waals surface area contributed by atoms with E-state index < -0.39 is 33.1 Å². The lowest BCUT2D eigenvalue weighted by molar-refractivity contribution is -0.135. The Bertz CT molecular complexity index is 354. The van der Waals surface area contributed by atoms with Crippen molar-refractivity contribution in [3.8, 4) is 5.75 Å². The highest BCUT2D eigenvalue weighted by Gasteiger charge is 1.90. The molecule has 18 heavy (non-hydrogen) atoms. The number of carbonyl (C=O) groups is 2. The van der Waals surface area contributed by atoms with Crippen molar-refractivity contribution in [2.24, 2.45) is 0 Å². The summed E-state index contributed by atoms with van der Waals surface area (Å²) < 4.78 is 16.2. The largest absolute Gasteiger partial charge is 0.497 e. The van der Waals surface area contributed by atoms with Crippen molar-refractivity contribution in [3.63, 3.8) is 0 Å². The molecule has 6 nitrogen and oxygen atoms in total. The van der Waals surface area contributed by atoms with Crippen molar-refractivity contribution in [3.05, 3.63) is 27.8 Å². The molecule has 7 heteroatoms. The van der Waals surface area contributed by atoms with Crippen LogP contribution < -0.4 is 4.74 Å². The number of ether oxygens (including phenoxy) is 1. The molecule has 0 bridgehead atoms. The van der Waals surface area contributed by atoms with E-state index >= 15 is 0 Å². The number of benzene rings is 1. The zero-order chi connectivity index (χ0) is 14.6. The summed E-state index contributed by atoms with van der Waals surface area (Å²) in [5.41, 5.74) is 0. The van der Waals surface area contributed by atoms with E-state index in [2.05, 4.69) is 0 Å². The fourth-order valence-electron chi connectivity index (χ4n) is 0.622. The van der Waals surface area contributed by atoms with Crippen LogP contribution >= 0.6 is 21.2 Å². The van der Waals surface area contributed by atoms with Crippen LogP contribution in [0, 0.1) is 3.57 Å². The molecular formula is C11H15IO6. The van der Waals surface area contributed by atoms with Crippen molar-refractivity contribution in [2.75, 3.05) is 7.11 Å². The van der Waals surface area contributed by atoms with Gasteiger partial charge in [0.2, 0.25) is 0 Å². The first-order valence-corrected chi connectivity index (χ1v) is 6.59. The first kappa shape index (κ1) is 18.8. The van der Waals surface area contributed by atoms with Gasteiger partial charge in [-0.25, -0.2) is 0 Å². The van der Waals surface area contributed by atoms with Gasteiger partial charge in [-0.1, -0.05) is 0 Å². The Morgan fingerprint density at radius 1 is 1.06 bits per heavy atom. The molecule has 0 radical (unpaired) electrons. The van der Waals surface area contributed by atoms with E-state index in [1.807, 2.05) is 24.3 Å². The van der Waals surface area contributed by atoms with Crippen LogP contribution in [0.5, 0.6) is 5.75 Å². The van der Waals surface area contributed by atoms with Crippen LogP contribution in [-0.4, -0.2) is 29.3 Å². The van der Waals surface area contributed by atoms with Crippen LogP contribution in [0.3, 0.4) is 0 Å². The maximum atomic E-state index is 10.4. The van der Waals surface area contributed by atoms with Crippen LogP contribution in [0.1, 0.15) is 13.8 Å². The third-order valence-corrected chi connectivity index (χ3v) is 2.37. The Morgan fingerprint density at radius 2 is 1.39 bits per heavy atom. The molecule has 0 fully saturated rings. The smallest absolute Gasteiger partial charge is 0.300 e. The lowest BCUT2D eigenvalue weighted by Gasteiger charge is -1.96. The molecule has 0 saturated heterocycles. The second kappa shape index (κ2) is 12.0. The highest BCUT2D eigenvalue weighted by Crippen LogP contribution is 2.14. The Balaban J connectivity index is 0. The van der Waals surface area contributed by atoms with Crippen molar-refractivity contribution < 1.29 is 27.6 Å². The summed E-state index contributed by atoms with van der Waals surface area (Å²) in [5, 5.41) is 14.8. The molecule has 0 amide bonds. The molecule has 0 aliphatic rings. The number of methoxy groups -OCH3 is 1. The number of carboxylic acid groups (broad SMARTS) is 2. The van der Waals surface area contributed by atoms with Gasteiger partial charge in [-0.3, -0.25) is 12.7 Å².